The summed E-state index contributed by atoms with van der Waals surface area (Å²) < 4.78 is 32.7. The van der Waals surface area contributed by atoms with Gasteiger partial charge in [-0.3, -0.25) is 4.79 Å². The minimum atomic E-state index is -1.10. The number of halogens is 2. The van der Waals surface area contributed by atoms with Crippen molar-refractivity contribution >= 4 is 5.91 Å². The largest absolute Gasteiger partial charge is 0.490 e. The van der Waals surface area contributed by atoms with Gasteiger partial charge >= 0.3 is 0 Å². The molecule has 0 radical (unpaired) electrons. The minimum absolute atomic E-state index is 0.0461. The van der Waals surface area contributed by atoms with Crippen molar-refractivity contribution in [3.05, 3.63) is 29.5 Å². The van der Waals surface area contributed by atoms with Crippen molar-refractivity contribution < 1.29 is 18.3 Å². The molecule has 1 heterocycles. The summed E-state index contributed by atoms with van der Waals surface area (Å²) in [6, 6.07) is 2.19. The summed E-state index contributed by atoms with van der Waals surface area (Å²) in [4.78, 5) is 11.2. The van der Waals surface area contributed by atoms with Crippen LogP contribution in [0.1, 0.15) is 36.7 Å². The van der Waals surface area contributed by atoms with Crippen LogP contribution in [-0.2, 0) is 0 Å². The molecule has 2 rings (SSSR count). The van der Waals surface area contributed by atoms with Gasteiger partial charge in [0.1, 0.15) is 5.69 Å². The molecule has 1 aromatic carbocycles. The summed E-state index contributed by atoms with van der Waals surface area (Å²) in [5.74, 6) is -3.23. The number of amides is 1. The van der Waals surface area contributed by atoms with Crippen LogP contribution in [0.25, 0.3) is 11.3 Å². The lowest BCUT2D eigenvalue weighted by Crippen LogP contribution is -2.13. The van der Waals surface area contributed by atoms with E-state index in [2.05, 4.69) is 15.4 Å². The van der Waals surface area contributed by atoms with E-state index in [0.29, 0.717) is 0 Å². The topological polar surface area (TPSA) is 93.9 Å². The van der Waals surface area contributed by atoms with Gasteiger partial charge in [-0.1, -0.05) is 19.8 Å². The molecule has 0 aliphatic heterocycles. The Morgan fingerprint density at radius 2 is 2.09 bits per heavy atom. The molecule has 0 saturated heterocycles. The molecule has 1 amide bonds. The van der Waals surface area contributed by atoms with Crippen molar-refractivity contribution in [2.75, 3.05) is 6.61 Å². The Hall–Kier alpha value is -2.51. The summed E-state index contributed by atoms with van der Waals surface area (Å²) in [6.07, 6.45) is 2.65. The van der Waals surface area contributed by atoms with Crippen LogP contribution in [0.4, 0.5) is 8.78 Å². The zero-order valence-corrected chi connectivity index (χ0v) is 12.0. The number of hydrogen-bond acceptors (Lipinski definition) is 4. The Balaban J connectivity index is 2.31. The first-order chi connectivity index (χ1) is 10.5. The Morgan fingerprint density at radius 1 is 1.32 bits per heavy atom. The molecule has 0 spiro atoms. The number of hydrogen-bond donors (Lipinski definition) is 2. The highest BCUT2D eigenvalue weighted by Gasteiger charge is 2.19. The summed E-state index contributed by atoms with van der Waals surface area (Å²) in [5.41, 5.74) is 5.21. The predicted molar refractivity (Wildman–Crippen MR) is 75.3 cm³/mol. The van der Waals surface area contributed by atoms with Gasteiger partial charge in [-0.05, 0) is 18.6 Å². The molecule has 8 heteroatoms. The van der Waals surface area contributed by atoms with E-state index in [4.69, 9.17) is 10.5 Å². The van der Waals surface area contributed by atoms with Crippen LogP contribution in [0.5, 0.6) is 5.75 Å². The number of nitrogens with one attached hydrogen (secondary N) is 1. The molecule has 3 N–H and O–H groups in total. The molecule has 0 unspecified atom stereocenters. The number of carbonyl (C=O) groups excluding carboxylic acids is 1. The average molecular weight is 310 g/mol. The first-order valence-electron chi connectivity index (χ1n) is 6.87. The maximum atomic E-state index is 13.8. The predicted octanol–water partition coefficient (Wildman–Crippen LogP) is 2.42. The monoisotopic (exact) mass is 310 g/mol. The summed E-state index contributed by atoms with van der Waals surface area (Å²) in [6.45, 7) is 2.30. The number of carbonyl (C=O) groups is 1. The molecule has 6 nitrogen and oxygen atoms in total. The molecule has 1 aromatic heterocycles. The standard InChI is InChI=1S/C14H16F2N4O2/c1-2-3-4-5-22-10-7-8(6-9(15)11(10)16)12-13(14(17)21)19-20-18-12/h6-7H,2-5H2,1H3,(H2,17,21)(H,18,19,20). The molecule has 22 heavy (non-hydrogen) atoms. The number of nitrogens with two attached hydrogens (primary N) is 1. The van der Waals surface area contributed by atoms with Gasteiger partial charge in [0, 0.05) is 5.56 Å². The zero-order valence-electron chi connectivity index (χ0n) is 12.0. The number of aromatic nitrogens is 3. The number of primary amides is 1. The number of rotatable bonds is 7. The van der Waals surface area contributed by atoms with E-state index in [1.807, 2.05) is 6.92 Å². The van der Waals surface area contributed by atoms with Gasteiger partial charge in [0.2, 0.25) is 5.82 Å². The summed E-state index contributed by atoms with van der Waals surface area (Å²) in [5, 5.41) is 9.57. The minimum Gasteiger partial charge on any atom is -0.490 e. The third kappa shape index (κ3) is 3.38. The lowest BCUT2D eigenvalue weighted by Gasteiger charge is -2.09. The smallest absolute Gasteiger partial charge is 0.271 e. The lowest BCUT2D eigenvalue weighted by atomic mass is 10.1. The molecule has 118 valence electrons. The number of H-pyrrole nitrogens is 1. The van der Waals surface area contributed by atoms with Crippen LogP contribution in [0, 0.1) is 11.6 Å². The fraction of sp³-hybridized carbons (Fsp3) is 0.357. The highest BCUT2D eigenvalue weighted by atomic mass is 19.2. The van der Waals surface area contributed by atoms with E-state index in [0.717, 1.165) is 25.3 Å². The number of ether oxygens (including phenoxy) is 1. The van der Waals surface area contributed by atoms with Crippen molar-refractivity contribution in [1.29, 1.82) is 0 Å². The quantitative estimate of drug-likeness (QED) is 0.768. The Morgan fingerprint density at radius 3 is 2.77 bits per heavy atom. The zero-order chi connectivity index (χ0) is 16.1. The van der Waals surface area contributed by atoms with E-state index in [-0.39, 0.29) is 29.3 Å². The van der Waals surface area contributed by atoms with E-state index in [1.54, 1.807) is 0 Å². The van der Waals surface area contributed by atoms with Gasteiger partial charge in [0.15, 0.2) is 17.3 Å². The number of unbranched alkanes of at least 4 members (excludes halogenated alkanes) is 2. The highest BCUT2D eigenvalue weighted by molar-refractivity contribution is 5.96. The lowest BCUT2D eigenvalue weighted by molar-refractivity contribution is 0.0996. The first-order valence-corrected chi connectivity index (χ1v) is 6.87. The van der Waals surface area contributed by atoms with Crippen molar-refractivity contribution in [3.8, 4) is 17.0 Å². The average Bonchev–Trinajstić information content (AvgIpc) is 2.97. The van der Waals surface area contributed by atoms with E-state index in [9.17, 15) is 13.6 Å². The second kappa shape index (κ2) is 6.97. The van der Waals surface area contributed by atoms with Crippen molar-refractivity contribution in [2.24, 2.45) is 5.73 Å². The Kier molecular flexibility index (Phi) is 5.03. The van der Waals surface area contributed by atoms with Gasteiger partial charge in [-0.25, -0.2) is 4.39 Å². The van der Waals surface area contributed by atoms with Crippen LogP contribution in [0.15, 0.2) is 12.1 Å². The maximum Gasteiger partial charge on any atom is 0.271 e. The van der Waals surface area contributed by atoms with Crippen LogP contribution < -0.4 is 10.5 Å². The van der Waals surface area contributed by atoms with Gasteiger partial charge in [0.05, 0.1) is 6.61 Å². The molecule has 0 atom stereocenters. The molecule has 0 aliphatic carbocycles. The van der Waals surface area contributed by atoms with Crippen LogP contribution in [0.3, 0.4) is 0 Å². The molecule has 2 aromatic rings. The molecule has 0 bridgehead atoms. The third-order valence-corrected chi connectivity index (χ3v) is 3.06. The third-order valence-electron chi connectivity index (χ3n) is 3.06. The van der Waals surface area contributed by atoms with Gasteiger partial charge in [-0.15, -0.1) is 0 Å². The van der Waals surface area contributed by atoms with Crippen LogP contribution >= 0.6 is 0 Å². The van der Waals surface area contributed by atoms with Gasteiger partial charge in [0.25, 0.3) is 5.91 Å². The van der Waals surface area contributed by atoms with Crippen molar-refractivity contribution in [1.82, 2.24) is 15.4 Å². The maximum absolute atomic E-state index is 13.8. The first kappa shape index (κ1) is 15.9. The number of nitrogens with zero attached hydrogens (tertiary/aromatic N) is 2. The Labute approximate surface area is 125 Å². The van der Waals surface area contributed by atoms with Crippen molar-refractivity contribution in [3.63, 3.8) is 0 Å². The summed E-state index contributed by atoms with van der Waals surface area (Å²) >= 11 is 0. The normalized spacial score (nSPS) is 10.7. The highest BCUT2D eigenvalue weighted by Crippen LogP contribution is 2.29. The summed E-state index contributed by atoms with van der Waals surface area (Å²) in [7, 11) is 0. The second-order valence-corrected chi connectivity index (χ2v) is 4.71. The molecule has 0 aliphatic rings. The fourth-order valence-corrected chi connectivity index (χ4v) is 1.94. The van der Waals surface area contributed by atoms with Crippen LogP contribution in [0.2, 0.25) is 0 Å². The number of benzene rings is 1. The second-order valence-electron chi connectivity index (χ2n) is 4.71. The SMILES string of the molecule is CCCCCOc1cc(-c2n[nH]nc2C(N)=O)cc(F)c1F. The molecular weight excluding hydrogens is 294 g/mol. The van der Waals surface area contributed by atoms with Gasteiger partial charge < -0.3 is 10.5 Å². The van der Waals surface area contributed by atoms with E-state index >= 15 is 0 Å². The van der Waals surface area contributed by atoms with E-state index < -0.39 is 17.5 Å². The fourth-order valence-electron chi connectivity index (χ4n) is 1.94. The molecular formula is C14H16F2N4O2. The van der Waals surface area contributed by atoms with Crippen LogP contribution in [-0.4, -0.2) is 27.9 Å². The Bertz CT molecular complexity index is 673. The van der Waals surface area contributed by atoms with Crippen molar-refractivity contribution in [2.45, 2.75) is 26.2 Å². The van der Waals surface area contributed by atoms with Gasteiger partial charge in [-0.2, -0.15) is 19.8 Å². The van der Waals surface area contributed by atoms with E-state index in [1.165, 1.54) is 6.07 Å². The number of aromatic amines is 1. The molecule has 0 saturated carbocycles. The molecule has 0 fully saturated rings.